The van der Waals surface area contributed by atoms with Gasteiger partial charge in [0.15, 0.2) is 8.03 Å². The first kappa shape index (κ1) is 39.5. The summed E-state index contributed by atoms with van der Waals surface area (Å²) in [6.45, 7) is 1.72. The Balaban J connectivity index is 1.44. The number of phenols is 1. The molecule has 1 heterocycles. The van der Waals surface area contributed by atoms with Gasteiger partial charge in [-0.3, -0.25) is 9.36 Å². The lowest BCUT2D eigenvalue weighted by Crippen LogP contribution is -2.48. The predicted molar refractivity (Wildman–Crippen MR) is 203 cm³/mol. The van der Waals surface area contributed by atoms with Crippen LogP contribution in [-0.4, -0.2) is 57.5 Å². The molecule has 282 valence electrons. The normalized spacial score (nSPS) is 13.8. The Morgan fingerprint density at radius 1 is 0.778 bits per heavy atom. The van der Waals surface area contributed by atoms with Gasteiger partial charge in [0.1, 0.15) is 29.9 Å². The van der Waals surface area contributed by atoms with Crippen LogP contribution in [0, 0.1) is 5.92 Å². The molecule has 4 unspecified atom stereocenters. The summed E-state index contributed by atoms with van der Waals surface area (Å²) in [6.07, 6.45) is -0.768. The molecular formula is C41H44N3O9P. The Hall–Kier alpha value is -5.71. The second-order valence-corrected chi connectivity index (χ2v) is 14.2. The highest BCUT2D eigenvalue weighted by Crippen LogP contribution is 2.34. The number of carbonyl (C=O) groups is 3. The summed E-state index contributed by atoms with van der Waals surface area (Å²) in [7, 11) is -3.43. The highest BCUT2D eigenvalue weighted by molar-refractivity contribution is 7.39. The zero-order valence-electron chi connectivity index (χ0n) is 29.8. The number of hydrogen-bond donors (Lipinski definition) is 4. The fraction of sp³-hybridized carbons (Fsp3) is 0.268. The van der Waals surface area contributed by atoms with E-state index in [1.165, 1.54) is 12.1 Å². The maximum absolute atomic E-state index is 14.3. The van der Waals surface area contributed by atoms with Gasteiger partial charge in [0.2, 0.25) is 5.91 Å². The van der Waals surface area contributed by atoms with Gasteiger partial charge < -0.3 is 34.6 Å². The third kappa shape index (κ3) is 11.9. The van der Waals surface area contributed by atoms with Crippen LogP contribution in [0.1, 0.15) is 35.8 Å². The van der Waals surface area contributed by atoms with E-state index in [4.69, 9.17) is 14.0 Å². The molecule has 1 aromatic heterocycles. The minimum Gasteiger partial charge on any atom is -0.508 e. The number of nitrogens with one attached hydrogen (secondary N) is 2. The predicted octanol–water partition coefficient (Wildman–Crippen LogP) is 6.26. The number of ether oxygens (including phenoxy) is 2. The van der Waals surface area contributed by atoms with Crippen LogP contribution in [0.5, 0.6) is 5.75 Å². The molecule has 0 aliphatic heterocycles. The molecule has 5 rings (SSSR count). The molecule has 0 aliphatic rings. The van der Waals surface area contributed by atoms with Crippen molar-refractivity contribution in [1.29, 1.82) is 0 Å². The van der Waals surface area contributed by atoms with Crippen LogP contribution in [0.2, 0.25) is 0 Å². The van der Waals surface area contributed by atoms with Gasteiger partial charge in [0.25, 0.3) is 0 Å². The highest BCUT2D eigenvalue weighted by atomic mass is 31.1. The van der Waals surface area contributed by atoms with E-state index < -0.39 is 49.7 Å². The van der Waals surface area contributed by atoms with Gasteiger partial charge in [-0.05, 0) is 48.6 Å². The van der Waals surface area contributed by atoms with E-state index in [2.05, 4.69) is 15.8 Å². The molecule has 5 atom stereocenters. The van der Waals surface area contributed by atoms with Crippen LogP contribution in [0.4, 0.5) is 4.79 Å². The van der Waals surface area contributed by atoms with E-state index >= 15 is 0 Å². The van der Waals surface area contributed by atoms with Crippen LogP contribution in [0.3, 0.4) is 0 Å². The van der Waals surface area contributed by atoms with Gasteiger partial charge >= 0.3 is 12.1 Å². The lowest BCUT2D eigenvalue weighted by atomic mass is 9.91. The molecule has 54 heavy (non-hydrogen) atoms. The van der Waals surface area contributed by atoms with Crippen molar-refractivity contribution in [1.82, 2.24) is 15.8 Å². The number of amides is 2. The second-order valence-electron chi connectivity index (χ2n) is 12.8. The van der Waals surface area contributed by atoms with Gasteiger partial charge in [-0.2, -0.15) is 0 Å². The van der Waals surface area contributed by atoms with Crippen molar-refractivity contribution in [2.75, 3.05) is 6.61 Å². The van der Waals surface area contributed by atoms with E-state index in [1.54, 1.807) is 25.1 Å². The monoisotopic (exact) mass is 753 g/mol. The van der Waals surface area contributed by atoms with Crippen LogP contribution >= 0.6 is 8.03 Å². The number of benzene rings is 4. The summed E-state index contributed by atoms with van der Waals surface area (Å²) < 4.78 is 29.8. The molecule has 0 saturated carbocycles. The maximum atomic E-state index is 14.3. The maximum Gasteiger partial charge on any atom is 0.407 e. The summed E-state index contributed by atoms with van der Waals surface area (Å²) in [5.41, 5.74) is 2.44. The average molecular weight is 754 g/mol. The van der Waals surface area contributed by atoms with Gasteiger partial charge in [-0.15, -0.1) is 0 Å². The zero-order valence-corrected chi connectivity index (χ0v) is 30.8. The van der Waals surface area contributed by atoms with E-state index in [-0.39, 0.29) is 44.6 Å². The van der Waals surface area contributed by atoms with E-state index in [9.17, 15) is 28.9 Å². The minimum absolute atomic E-state index is 0.0136. The van der Waals surface area contributed by atoms with E-state index in [1.807, 2.05) is 91.0 Å². The molecule has 12 nitrogen and oxygen atoms in total. The number of rotatable bonds is 18. The Labute approximate surface area is 314 Å². The second kappa shape index (κ2) is 19.9. The van der Waals surface area contributed by atoms with Crippen molar-refractivity contribution in [2.24, 2.45) is 5.92 Å². The van der Waals surface area contributed by atoms with Crippen molar-refractivity contribution in [3.8, 4) is 17.0 Å². The standard InChI is InChI=1S/C41H44N3O9P/c1-2-51-40(47)37(23-29-18-20-33(45)21-19-29)42-39(46)32(24-34-26-35(44-53-34)31-16-10-5-11-17-31)25-38(54(49)50)36(22-28-12-6-3-7-13-28)43-41(48)52-27-30-14-8-4-9-15-30/h3-21,26,32,36-38,45,54H,2,22-25,27H2,1H3,(H,42,46)(H,43,48)(H,49,50)/t32?,36-,37?,38?/m1/s1. The van der Waals surface area contributed by atoms with Crippen molar-refractivity contribution in [3.05, 3.63) is 144 Å². The SMILES string of the molecule is CCOC(=O)C(Cc1ccc(O)cc1)NC(=O)C(Cc1cc(-c2ccccc2)no1)CC([C@@H](Cc1ccccc1)NC(=O)OCc1ccccc1)[PH](=O)O. The van der Waals surface area contributed by atoms with Crippen molar-refractivity contribution in [2.45, 2.75) is 57.0 Å². The summed E-state index contributed by atoms with van der Waals surface area (Å²) >= 11 is 0. The summed E-state index contributed by atoms with van der Waals surface area (Å²) in [4.78, 5) is 51.5. The van der Waals surface area contributed by atoms with E-state index in [0.717, 1.165) is 16.7 Å². The number of nitrogens with zero attached hydrogens (tertiary/aromatic N) is 1. The minimum atomic E-state index is -3.43. The quantitative estimate of drug-likeness (QED) is 0.0590. The molecule has 13 heteroatoms. The van der Waals surface area contributed by atoms with Crippen LogP contribution in [-0.2, 0) is 49.5 Å². The topological polar surface area (TPSA) is 177 Å². The number of esters is 1. The first-order valence-electron chi connectivity index (χ1n) is 17.7. The Bertz CT molecular complexity index is 1960. The number of aromatic hydroxyl groups is 1. The number of phenolic OH excluding ortho intramolecular Hbond substituents is 1. The molecule has 0 saturated heterocycles. The molecule has 0 fully saturated rings. The third-order valence-corrected chi connectivity index (χ3v) is 10.1. The number of hydrogen-bond acceptors (Lipinski definition) is 9. The largest absolute Gasteiger partial charge is 0.508 e. The average Bonchev–Trinajstić information content (AvgIpc) is 3.65. The van der Waals surface area contributed by atoms with Crippen LogP contribution < -0.4 is 10.6 Å². The zero-order chi connectivity index (χ0) is 38.3. The van der Waals surface area contributed by atoms with Crippen molar-refractivity contribution < 1.29 is 42.9 Å². The molecule has 0 aliphatic carbocycles. The smallest absolute Gasteiger partial charge is 0.407 e. The number of carbonyl (C=O) groups excluding carboxylic acids is 3. The van der Waals surface area contributed by atoms with Crippen molar-refractivity contribution >= 4 is 26.0 Å². The Morgan fingerprint density at radius 3 is 2.02 bits per heavy atom. The van der Waals surface area contributed by atoms with E-state index in [0.29, 0.717) is 17.0 Å². The van der Waals surface area contributed by atoms with Gasteiger partial charge in [-0.25, -0.2) is 9.59 Å². The molecule has 5 aromatic rings. The van der Waals surface area contributed by atoms with Crippen LogP contribution in [0.25, 0.3) is 11.3 Å². The first-order valence-corrected chi connectivity index (χ1v) is 19.1. The molecule has 0 bridgehead atoms. The Morgan fingerprint density at radius 2 is 1.39 bits per heavy atom. The Kier molecular flexibility index (Phi) is 14.6. The fourth-order valence-corrected chi connectivity index (χ4v) is 7.13. The number of alkyl carbamates (subject to hydrolysis) is 1. The molecule has 4 aromatic carbocycles. The van der Waals surface area contributed by atoms with Gasteiger partial charge in [0.05, 0.1) is 12.3 Å². The molecule has 2 amide bonds. The number of aromatic nitrogens is 1. The highest BCUT2D eigenvalue weighted by Gasteiger charge is 2.36. The van der Waals surface area contributed by atoms with Gasteiger partial charge in [-0.1, -0.05) is 108 Å². The lowest BCUT2D eigenvalue weighted by molar-refractivity contribution is -0.147. The lowest BCUT2D eigenvalue weighted by Gasteiger charge is -2.29. The first-order chi connectivity index (χ1) is 26.2. The van der Waals surface area contributed by atoms with Gasteiger partial charge in [0, 0.05) is 36.4 Å². The molecule has 4 N–H and O–H groups in total. The van der Waals surface area contributed by atoms with Crippen LogP contribution in [0.15, 0.2) is 126 Å². The molecule has 0 radical (unpaired) electrons. The summed E-state index contributed by atoms with van der Waals surface area (Å²) in [5, 5.41) is 19.6. The summed E-state index contributed by atoms with van der Waals surface area (Å²) in [5.74, 6) is -1.90. The molecular weight excluding hydrogens is 709 g/mol. The summed E-state index contributed by atoms with van der Waals surface area (Å²) in [6, 6.07) is 33.5. The molecule has 0 spiro atoms. The fourth-order valence-electron chi connectivity index (χ4n) is 6.10. The third-order valence-electron chi connectivity index (χ3n) is 8.87. The van der Waals surface area contributed by atoms with Crippen molar-refractivity contribution in [3.63, 3.8) is 0 Å².